The molecular weight excluding hydrogens is 336 g/mol. The van der Waals surface area contributed by atoms with E-state index in [9.17, 15) is 14.7 Å². The highest BCUT2D eigenvalue weighted by Gasteiger charge is 2.35. The first kappa shape index (κ1) is 17.8. The zero-order chi connectivity index (χ0) is 18.8. The third-order valence-corrected chi connectivity index (χ3v) is 4.76. The number of aromatic amines is 1. The molecule has 2 aromatic heterocycles. The minimum atomic E-state index is -0.496. The van der Waals surface area contributed by atoms with E-state index in [1.807, 2.05) is 11.5 Å². The van der Waals surface area contributed by atoms with Crippen LogP contribution < -0.4 is 10.9 Å². The number of H-pyrrole nitrogens is 1. The molecule has 3 N–H and O–H groups in total. The molecule has 0 atom stereocenters. The zero-order valence-corrected chi connectivity index (χ0v) is 14.6. The molecule has 2 aromatic rings. The summed E-state index contributed by atoms with van der Waals surface area (Å²) in [7, 11) is 0. The predicted octanol–water partition coefficient (Wildman–Crippen LogP) is 0.335. The SMILES string of the molecule is CCn1c(CO)nnc1C1CC(NC(=O)c2cc(C#N)c(=O)[nH]c2C)C1. The van der Waals surface area contributed by atoms with E-state index in [4.69, 9.17) is 5.26 Å². The maximum atomic E-state index is 12.5. The van der Waals surface area contributed by atoms with Crippen LogP contribution in [0.2, 0.25) is 0 Å². The van der Waals surface area contributed by atoms with E-state index in [-0.39, 0.29) is 30.0 Å². The second-order valence-electron chi connectivity index (χ2n) is 6.38. The van der Waals surface area contributed by atoms with Gasteiger partial charge in [-0.25, -0.2) is 0 Å². The molecule has 1 amide bonds. The van der Waals surface area contributed by atoms with Gasteiger partial charge >= 0.3 is 0 Å². The van der Waals surface area contributed by atoms with Crippen molar-refractivity contribution < 1.29 is 9.90 Å². The minimum absolute atomic E-state index is 0.0102. The number of aromatic nitrogens is 4. The van der Waals surface area contributed by atoms with Gasteiger partial charge in [0, 0.05) is 24.2 Å². The fourth-order valence-electron chi connectivity index (χ4n) is 3.26. The second kappa shape index (κ2) is 7.09. The number of aryl methyl sites for hydroxylation is 1. The molecular formula is C17H20N6O3. The topological polar surface area (TPSA) is 137 Å². The number of hydrogen-bond donors (Lipinski definition) is 3. The van der Waals surface area contributed by atoms with Gasteiger partial charge in [-0.15, -0.1) is 10.2 Å². The summed E-state index contributed by atoms with van der Waals surface area (Å²) < 4.78 is 1.90. The van der Waals surface area contributed by atoms with E-state index in [2.05, 4.69) is 20.5 Å². The quantitative estimate of drug-likeness (QED) is 0.706. The molecule has 1 saturated carbocycles. The number of nitrogens with zero attached hydrogens (tertiary/aromatic N) is 4. The molecule has 1 fully saturated rings. The molecule has 0 aliphatic heterocycles. The van der Waals surface area contributed by atoms with Gasteiger partial charge < -0.3 is 20.0 Å². The van der Waals surface area contributed by atoms with E-state index in [1.165, 1.54) is 6.07 Å². The van der Waals surface area contributed by atoms with Crippen LogP contribution in [0.15, 0.2) is 10.9 Å². The van der Waals surface area contributed by atoms with Crippen LogP contribution in [-0.4, -0.2) is 36.8 Å². The Kier molecular flexibility index (Phi) is 4.86. The largest absolute Gasteiger partial charge is 0.388 e. The Labute approximate surface area is 149 Å². The summed E-state index contributed by atoms with van der Waals surface area (Å²) in [6.07, 6.45) is 1.45. The van der Waals surface area contributed by atoms with Crippen molar-refractivity contribution in [1.29, 1.82) is 5.26 Å². The zero-order valence-electron chi connectivity index (χ0n) is 14.6. The predicted molar refractivity (Wildman–Crippen MR) is 91.4 cm³/mol. The Balaban J connectivity index is 1.66. The Bertz CT molecular complexity index is 933. The van der Waals surface area contributed by atoms with Crippen molar-refractivity contribution in [3.8, 4) is 6.07 Å². The lowest BCUT2D eigenvalue weighted by Gasteiger charge is -2.35. The fraction of sp³-hybridized carbons (Fsp3) is 0.471. The van der Waals surface area contributed by atoms with Crippen LogP contribution in [0.1, 0.15) is 58.9 Å². The Hall–Kier alpha value is -2.99. The molecule has 0 bridgehead atoms. The first-order valence-electron chi connectivity index (χ1n) is 8.46. The van der Waals surface area contributed by atoms with Crippen molar-refractivity contribution in [3.05, 3.63) is 44.9 Å². The average Bonchev–Trinajstić information content (AvgIpc) is 3.00. The van der Waals surface area contributed by atoms with Gasteiger partial charge in [0.1, 0.15) is 24.1 Å². The molecule has 0 unspecified atom stereocenters. The first-order chi connectivity index (χ1) is 12.5. The Morgan fingerprint density at radius 3 is 2.85 bits per heavy atom. The number of nitriles is 1. The van der Waals surface area contributed by atoms with E-state index in [0.717, 1.165) is 18.7 Å². The van der Waals surface area contributed by atoms with Crippen molar-refractivity contribution in [2.75, 3.05) is 0 Å². The molecule has 3 rings (SSSR count). The van der Waals surface area contributed by atoms with Crippen molar-refractivity contribution >= 4 is 5.91 Å². The average molecular weight is 356 g/mol. The van der Waals surface area contributed by atoms with Gasteiger partial charge in [-0.2, -0.15) is 5.26 Å². The lowest BCUT2D eigenvalue weighted by atomic mass is 9.79. The first-order valence-corrected chi connectivity index (χ1v) is 8.46. The van der Waals surface area contributed by atoms with E-state index in [0.29, 0.717) is 23.6 Å². The third-order valence-electron chi connectivity index (χ3n) is 4.76. The summed E-state index contributed by atoms with van der Waals surface area (Å²) in [4.78, 5) is 26.6. The fourth-order valence-corrected chi connectivity index (χ4v) is 3.26. The Morgan fingerprint density at radius 2 is 2.23 bits per heavy atom. The van der Waals surface area contributed by atoms with Crippen LogP contribution >= 0.6 is 0 Å². The van der Waals surface area contributed by atoms with E-state index < -0.39 is 5.56 Å². The number of carbonyl (C=O) groups excluding carboxylic acids is 1. The van der Waals surface area contributed by atoms with Gasteiger partial charge in [-0.1, -0.05) is 0 Å². The van der Waals surface area contributed by atoms with E-state index >= 15 is 0 Å². The molecule has 1 aliphatic rings. The summed E-state index contributed by atoms with van der Waals surface area (Å²) in [6, 6.07) is 3.10. The molecule has 0 radical (unpaired) electrons. The Morgan fingerprint density at radius 1 is 1.50 bits per heavy atom. The van der Waals surface area contributed by atoms with Crippen LogP contribution in [0.3, 0.4) is 0 Å². The van der Waals surface area contributed by atoms with Crippen LogP contribution in [0.25, 0.3) is 0 Å². The van der Waals surface area contributed by atoms with Gasteiger partial charge in [0.2, 0.25) is 0 Å². The highest BCUT2D eigenvalue weighted by Crippen LogP contribution is 2.36. The molecule has 1 aliphatic carbocycles. The molecule has 0 spiro atoms. The van der Waals surface area contributed by atoms with Gasteiger partial charge in [-0.05, 0) is 32.8 Å². The molecule has 0 aromatic carbocycles. The molecule has 26 heavy (non-hydrogen) atoms. The molecule has 9 heteroatoms. The number of carbonyl (C=O) groups is 1. The molecule has 0 saturated heterocycles. The smallest absolute Gasteiger partial charge is 0.266 e. The van der Waals surface area contributed by atoms with Gasteiger partial charge in [-0.3, -0.25) is 9.59 Å². The molecule has 9 nitrogen and oxygen atoms in total. The number of aliphatic hydroxyl groups excluding tert-OH is 1. The summed E-state index contributed by atoms with van der Waals surface area (Å²) in [5.41, 5.74) is 0.147. The van der Waals surface area contributed by atoms with Gasteiger partial charge in [0.05, 0.1) is 5.56 Å². The van der Waals surface area contributed by atoms with Crippen LogP contribution in [-0.2, 0) is 13.2 Å². The number of rotatable bonds is 5. The summed E-state index contributed by atoms with van der Waals surface area (Å²) in [5.74, 6) is 1.24. The van der Waals surface area contributed by atoms with Gasteiger partial charge in [0.25, 0.3) is 11.5 Å². The highest BCUT2D eigenvalue weighted by atomic mass is 16.3. The van der Waals surface area contributed by atoms with Crippen molar-refractivity contribution in [1.82, 2.24) is 25.1 Å². The van der Waals surface area contributed by atoms with E-state index in [1.54, 1.807) is 13.0 Å². The number of amides is 1. The lowest BCUT2D eigenvalue weighted by Crippen LogP contribution is -2.44. The number of nitrogens with one attached hydrogen (secondary N) is 2. The standard InChI is InChI=1S/C17H20N6O3/c1-3-23-14(8-24)21-22-15(23)10-4-12(5-10)20-17(26)13-6-11(7-18)16(25)19-9(13)2/h6,10,12,24H,3-5,8H2,1-2H3,(H,19,25)(H,20,26). The van der Waals surface area contributed by atoms with Crippen molar-refractivity contribution in [3.63, 3.8) is 0 Å². The highest BCUT2D eigenvalue weighted by molar-refractivity contribution is 5.95. The third kappa shape index (κ3) is 3.11. The van der Waals surface area contributed by atoms with Crippen molar-refractivity contribution in [2.24, 2.45) is 0 Å². The minimum Gasteiger partial charge on any atom is -0.388 e. The normalized spacial score (nSPS) is 18.8. The maximum absolute atomic E-state index is 12.5. The summed E-state index contributed by atoms with van der Waals surface area (Å²) >= 11 is 0. The molecule has 2 heterocycles. The number of pyridine rings is 1. The summed E-state index contributed by atoms with van der Waals surface area (Å²) in [5, 5.41) is 29.3. The van der Waals surface area contributed by atoms with Crippen LogP contribution in [0, 0.1) is 18.3 Å². The maximum Gasteiger partial charge on any atom is 0.266 e. The molecule has 136 valence electrons. The van der Waals surface area contributed by atoms with Crippen LogP contribution in [0.4, 0.5) is 0 Å². The second-order valence-corrected chi connectivity index (χ2v) is 6.38. The monoisotopic (exact) mass is 356 g/mol. The van der Waals surface area contributed by atoms with Crippen molar-refractivity contribution in [2.45, 2.75) is 51.8 Å². The number of hydrogen-bond acceptors (Lipinski definition) is 6. The van der Waals surface area contributed by atoms with Crippen LogP contribution in [0.5, 0.6) is 0 Å². The van der Waals surface area contributed by atoms with Gasteiger partial charge in [0.15, 0.2) is 5.82 Å². The lowest BCUT2D eigenvalue weighted by molar-refractivity contribution is 0.0905. The number of aliphatic hydroxyl groups is 1. The summed E-state index contributed by atoms with van der Waals surface area (Å²) in [6.45, 7) is 4.12.